The Bertz CT molecular complexity index is 663. The predicted octanol–water partition coefficient (Wildman–Crippen LogP) is 2.94. The normalized spacial score (nSPS) is 12.3. The van der Waals surface area contributed by atoms with Gasteiger partial charge in [-0.3, -0.25) is 10.1 Å². The first-order valence-electron chi connectivity index (χ1n) is 6.98. The second-order valence-corrected chi connectivity index (χ2v) is 4.80. The number of hydrogen-bond donors (Lipinski definition) is 1. The number of nitrogens with zero attached hydrogens (tertiary/aromatic N) is 1. The number of nitrogens with one attached hydrogen (secondary N) is 1. The zero-order valence-corrected chi connectivity index (χ0v) is 12.1. The molecule has 112 valence electrons. The van der Waals surface area contributed by atoms with Crippen molar-refractivity contribution in [1.29, 1.82) is 0 Å². The number of ether oxygens (including phenoxy) is 1. The van der Waals surface area contributed by atoms with E-state index in [9.17, 15) is 14.9 Å². The maximum atomic E-state index is 12.1. The number of hydrogen-bond acceptors (Lipinski definition) is 4. The summed E-state index contributed by atoms with van der Waals surface area (Å²) in [5, 5.41) is 11.9. The van der Waals surface area contributed by atoms with Gasteiger partial charge in [0.15, 0.2) is 0 Å². The summed E-state index contributed by atoms with van der Waals surface area (Å²) in [5.41, 5.74) is 1.76. The molecule has 1 aromatic carbocycles. The molecule has 2 rings (SSSR count). The average molecular weight is 290 g/mol. The standard InChI is InChI=1S/C15H18N2O4/c1-3-10(17(19)20)9-12-11-7-5-6-8-13(11)16-14(12)15(18)21-4-2/h5-8,10,16H,3-4,9H2,1-2H3. The molecule has 6 heteroatoms. The fourth-order valence-corrected chi connectivity index (χ4v) is 2.39. The minimum Gasteiger partial charge on any atom is -0.461 e. The predicted molar refractivity (Wildman–Crippen MR) is 79.0 cm³/mol. The number of aromatic nitrogens is 1. The number of esters is 1. The number of para-hydroxylation sites is 1. The summed E-state index contributed by atoms with van der Waals surface area (Å²) in [4.78, 5) is 25.9. The highest BCUT2D eigenvalue weighted by Crippen LogP contribution is 2.25. The second kappa shape index (κ2) is 6.39. The fraction of sp³-hybridized carbons (Fsp3) is 0.400. The Hall–Kier alpha value is -2.37. The maximum absolute atomic E-state index is 12.1. The number of nitro groups is 1. The molecule has 1 unspecified atom stereocenters. The SMILES string of the molecule is CCOC(=O)c1[nH]c2ccccc2c1CC(CC)[N+](=O)[O-]. The van der Waals surface area contributed by atoms with Crippen LogP contribution >= 0.6 is 0 Å². The lowest BCUT2D eigenvalue weighted by molar-refractivity contribution is -0.522. The molecule has 0 aliphatic rings. The molecule has 0 radical (unpaired) electrons. The molecule has 2 aromatic rings. The van der Waals surface area contributed by atoms with Crippen molar-refractivity contribution >= 4 is 16.9 Å². The quantitative estimate of drug-likeness (QED) is 0.503. The topological polar surface area (TPSA) is 85.2 Å². The molecule has 1 aromatic heterocycles. The lowest BCUT2D eigenvalue weighted by Crippen LogP contribution is -2.22. The molecule has 0 amide bonds. The number of rotatable bonds is 6. The first-order valence-corrected chi connectivity index (χ1v) is 6.98. The van der Waals surface area contributed by atoms with Crippen LogP contribution in [0.25, 0.3) is 10.9 Å². The third-order valence-corrected chi connectivity index (χ3v) is 3.50. The summed E-state index contributed by atoms with van der Waals surface area (Å²) in [6.07, 6.45) is 0.621. The van der Waals surface area contributed by atoms with Crippen molar-refractivity contribution in [3.05, 3.63) is 45.6 Å². The van der Waals surface area contributed by atoms with Crippen molar-refractivity contribution in [2.45, 2.75) is 32.7 Å². The summed E-state index contributed by atoms with van der Waals surface area (Å²) in [6.45, 7) is 3.76. The van der Waals surface area contributed by atoms with Crippen LogP contribution in [-0.4, -0.2) is 28.5 Å². The van der Waals surface area contributed by atoms with Gasteiger partial charge in [0.05, 0.1) is 6.61 Å². The van der Waals surface area contributed by atoms with Gasteiger partial charge < -0.3 is 9.72 Å². The van der Waals surface area contributed by atoms with Crippen LogP contribution in [0.3, 0.4) is 0 Å². The molecule has 1 heterocycles. The van der Waals surface area contributed by atoms with Crippen LogP contribution in [0.15, 0.2) is 24.3 Å². The molecule has 1 N–H and O–H groups in total. The van der Waals surface area contributed by atoms with Crippen LogP contribution in [0.4, 0.5) is 0 Å². The zero-order chi connectivity index (χ0) is 15.4. The number of carbonyl (C=O) groups excluding carboxylic acids is 1. The zero-order valence-electron chi connectivity index (χ0n) is 12.1. The van der Waals surface area contributed by atoms with E-state index in [-0.39, 0.29) is 18.0 Å². The van der Waals surface area contributed by atoms with Gasteiger partial charge in [-0.15, -0.1) is 0 Å². The summed E-state index contributed by atoms with van der Waals surface area (Å²) in [5.74, 6) is -0.470. The number of H-pyrrole nitrogens is 1. The molecule has 21 heavy (non-hydrogen) atoms. The van der Waals surface area contributed by atoms with E-state index in [1.165, 1.54) is 0 Å². The van der Waals surface area contributed by atoms with Crippen LogP contribution in [0.1, 0.15) is 36.3 Å². The Morgan fingerprint density at radius 3 is 2.71 bits per heavy atom. The minimum absolute atomic E-state index is 0.210. The summed E-state index contributed by atoms with van der Waals surface area (Å²) in [7, 11) is 0. The van der Waals surface area contributed by atoms with Gasteiger partial charge in [-0.05, 0) is 18.6 Å². The highest BCUT2D eigenvalue weighted by atomic mass is 16.6. The first kappa shape index (κ1) is 15.0. The highest BCUT2D eigenvalue weighted by molar-refractivity contribution is 5.98. The Morgan fingerprint density at radius 1 is 1.38 bits per heavy atom. The molecule has 1 atom stereocenters. The molecule has 0 aliphatic carbocycles. The van der Waals surface area contributed by atoms with Crippen molar-refractivity contribution in [2.24, 2.45) is 0 Å². The van der Waals surface area contributed by atoms with Crippen molar-refractivity contribution in [3.63, 3.8) is 0 Å². The number of fused-ring (bicyclic) bond motifs is 1. The fourth-order valence-electron chi connectivity index (χ4n) is 2.39. The first-order chi connectivity index (χ1) is 10.1. The van der Waals surface area contributed by atoms with Crippen molar-refractivity contribution < 1.29 is 14.5 Å². The Morgan fingerprint density at radius 2 is 2.10 bits per heavy atom. The maximum Gasteiger partial charge on any atom is 0.355 e. The van der Waals surface area contributed by atoms with Gasteiger partial charge in [-0.1, -0.05) is 25.1 Å². The van der Waals surface area contributed by atoms with Gasteiger partial charge in [-0.25, -0.2) is 4.79 Å². The second-order valence-electron chi connectivity index (χ2n) is 4.80. The van der Waals surface area contributed by atoms with Gasteiger partial charge in [0.25, 0.3) is 0 Å². The average Bonchev–Trinajstić information content (AvgIpc) is 2.83. The molecule has 0 aliphatic heterocycles. The summed E-state index contributed by atoms with van der Waals surface area (Å²) in [6, 6.07) is 6.69. The van der Waals surface area contributed by atoms with E-state index >= 15 is 0 Å². The summed E-state index contributed by atoms with van der Waals surface area (Å²) >= 11 is 0. The smallest absolute Gasteiger partial charge is 0.355 e. The van der Waals surface area contributed by atoms with Gasteiger partial charge in [-0.2, -0.15) is 0 Å². The van der Waals surface area contributed by atoms with Crippen molar-refractivity contribution in [1.82, 2.24) is 4.98 Å². The van der Waals surface area contributed by atoms with Crippen LogP contribution in [-0.2, 0) is 11.2 Å². The van der Waals surface area contributed by atoms with Crippen LogP contribution in [0.5, 0.6) is 0 Å². The van der Waals surface area contributed by atoms with E-state index in [2.05, 4.69) is 4.98 Å². The molecule has 0 saturated heterocycles. The van der Waals surface area contributed by atoms with Crippen LogP contribution in [0, 0.1) is 10.1 Å². The van der Waals surface area contributed by atoms with E-state index in [1.807, 2.05) is 24.3 Å². The monoisotopic (exact) mass is 290 g/mol. The lowest BCUT2D eigenvalue weighted by atomic mass is 10.0. The molecule has 0 bridgehead atoms. The molecule has 0 spiro atoms. The summed E-state index contributed by atoms with van der Waals surface area (Å²) < 4.78 is 5.03. The molecular formula is C15H18N2O4. The highest BCUT2D eigenvalue weighted by Gasteiger charge is 2.25. The molecule has 6 nitrogen and oxygen atoms in total. The largest absolute Gasteiger partial charge is 0.461 e. The number of aromatic amines is 1. The van der Waals surface area contributed by atoms with Gasteiger partial charge in [0.1, 0.15) is 5.69 Å². The van der Waals surface area contributed by atoms with E-state index in [0.29, 0.717) is 17.7 Å². The van der Waals surface area contributed by atoms with Gasteiger partial charge >= 0.3 is 5.97 Å². The third kappa shape index (κ3) is 3.04. The van der Waals surface area contributed by atoms with E-state index < -0.39 is 12.0 Å². The Labute approximate surface area is 122 Å². The number of carbonyl (C=O) groups is 1. The van der Waals surface area contributed by atoms with E-state index in [1.54, 1.807) is 13.8 Å². The Balaban J connectivity index is 2.49. The Kier molecular flexibility index (Phi) is 4.57. The minimum atomic E-state index is -0.711. The van der Waals surface area contributed by atoms with Crippen LogP contribution < -0.4 is 0 Å². The van der Waals surface area contributed by atoms with Crippen molar-refractivity contribution in [3.8, 4) is 0 Å². The number of benzene rings is 1. The van der Waals surface area contributed by atoms with E-state index in [4.69, 9.17) is 4.74 Å². The van der Waals surface area contributed by atoms with Crippen molar-refractivity contribution in [2.75, 3.05) is 6.61 Å². The molecule has 0 fully saturated rings. The third-order valence-electron chi connectivity index (χ3n) is 3.50. The van der Waals surface area contributed by atoms with Crippen LogP contribution in [0.2, 0.25) is 0 Å². The lowest BCUT2D eigenvalue weighted by Gasteiger charge is -2.08. The molecular weight excluding hydrogens is 272 g/mol. The van der Waals surface area contributed by atoms with Gasteiger partial charge in [0.2, 0.25) is 6.04 Å². The van der Waals surface area contributed by atoms with E-state index in [0.717, 1.165) is 10.9 Å². The molecule has 0 saturated carbocycles. The van der Waals surface area contributed by atoms with Gasteiger partial charge in [0, 0.05) is 28.7 Å².